The second-order valence-electron chi connectivity index (χ2n) is 6.99. The van der Waals surface area contributed by atoms with Crippen LogP contribution >= 0.6 is 11.8 Å². The molecule has 0 saturated carbocycles. The Balaban J connectivity index is 1.47. The highest BCUT2D eigenvalue weighted by Crippen LogP contribution is 2.33. The summed E-state index contributed by atoms with van der Waals surface area (Å²) in [6, 6.07) is 15.4. The Morgan fingerprint density at radius 3 is 2.94 bits per heavy atom. The molecule has 1 atom stereocenters. The molecule has 0 unspecified atom stereocenters. The summed E-state index contributed by atoms with van der Waals surface area (Å²) in [5.74, 6) is 2.41. The van der Waals surface area contributed by atoms with Gasteiger partial charge in [-0.2, -0.15) is 0 Å². The van der Waals surface area contributed by atoms with Gasteiger partial charge in [-0.3, -0.25) is 9.36 Å². The molecular formula is C23H24N4O3S. The number of allylic oxidation sites excluding steroid dienone is 1. The third-order valence-electron chi connectivity index (χ3n) is 5.00. The highest BCUT2D eigenvalue weighted by atomic mass is 32.2. The number of fused-ring (bicyclic) bond motifs is 1. The average molecular weight is 437 g/mol. The lowest BCUT2D eigenvalue weighted by Crippen LogP contribution is -2.33. The Bertz CT molecular complexity index is 1080. The lowest BCUT2D eigenvalue weighted by molar-refractivity contribution is -0.119. The van der Waals surface area contributed by atoms with Crippen molar-refractivity contribution in [2.75, 3.05) is 19.5 Å². The van der Waals surface area contributed by atoms with Gasteiger partial charge in [0.05, 0.1) is 31.1 Å². The third kappa shape index (κ3) is 4.59. The summed E-state index contributed by atoms with van der Waals surface area (Å²) in [6.07, 6.45) is 2.53. The van der Waals surface area contributed by atoms with Crippen LogP contribution in [-0.2, 0) is 11.3 Å². The number of nitrogens with zero attached hydrogens (tertiary/aromatic N) is 3. The number of hydrogen-bond acceptors (Lipinski definition) is 6. The van der Waals surface area contributed by atoms with Crippen molar-refractivity contribution in [1.29, 1.82) is 0 Å². The van der Waals surface area contributed by atoms with Gasteiger partial charge in [0.1, 0.15) is 11.5 Å². The van der Waals surface area contributed by atoms with Gasteiger partial charge in [-0.1, -0.05) is 48.2 Å². The summed E-state index contributed by atoms with van der Waals surface area (Å²) in [6.45, 7) is 4.95. The first-order valence-electron chi connectivity index (χ1n) is 10.0. The molecule has 3 aromatic rings. The average Bonchev–Trinajstić information content (AvgIpc) is 3.20. The number of nitrogens with one attached hydrogen (secondary N) is 1. The van der Waals surface area contributed by atoms with Gasteiger partial charge in [-0.05, 0) is 18.2 Å². The van der Waals surface area contributed by atoms with Crippen LogP contribution in [0.2, 0.25) is 0 Å². The van der Waals surface area contributed by atoms with Crippen molar-refractivity contribution in [3.8, 4) is 22.9 Å². The van der Waals surface area contributed by atoms with Crippen LogP contribution in [0.5, 0.6) is 11.5 Å². The van der Waals surface area contributed by atoms with Gasteiger partial charge in [0.25, 0.3) is 0 Å². The molecule has 160 valence electrons. The summed E-state index contributed by atoms with van der Waals surface area (Å²) >= 11 is 1.35. The molecule has 2 aromatic carbocycles. The van der Waals surface area contributed by atoms with Gasteiger partial charge >= 0.3 is 0 Å². The largest absolute Gasteiger partial charge is 0.496 e. The van der Waals surface area contributed by atoms with E-state index in [9.17, 15) is 4.79 Å². The van der Waals surface area contributed by atoms with Crippen LogP contribution in [0, 0.1) is 0 Å². The van der Waals surface area contributed by atoms with Crippen LogP contribution < -0.4 is 14.8 Å². The number of ether oxygens (including phenoxy) is 2. The van der Waals surface area contributed by atoms with E-state index in [1.165, 1.54) is 11.8 Å². The number of hydrogen-bond donors (Lipinski definition) is 1. The molecule has 1 aliphatic rings. The number of para-hydroxylation sites is 2. The van der Waals surface area contributed by atoms with E-state index in [1.54, 1.807) is 13.2 Å². The highest BCUT2D eigenvalue weighted by Gasteiger charge is 2.23. The van der Waals surface area contributed by atoms with E-state index in [4.69, 9.17) is 9.47 Å². The van der Waals surface area contributed by atoms with Crippen LogP contribution in [0.4, 0.5) is 0 Å². The van der Waals surface area contributed by atoms with Crippen molar-refractivity contribution in [3.63, 3.8) is 0 Å². The maximum absolute atomic E-state index is 12.7. The third-order valence-corrected chi connectivity index (χ3v) is 5.97. The molecule has 31 heavy (non-hydrogen) atoms. The molecule has 0 spiro atoms. The normalized spacial score (nSPS) is 14.9. The summed E-state index contributed by atoms with van der Waals surface area (Å²) in [4.78, 5) is 12.7. The second kappa shape index (κ2) is 9.70. The molecule has 1 N–H and O–H groups in total. The Labute approximate surface area is 185 Å². The van der Waals surface area contributed by atoms with Gasteiger partial charge in [-0.25, -0.2) is 0 Å². The number of carbonyl (C=O) groups excluding carboxylic acids is 1. The zero-order chi connectivity index (χ0) is 21.6. The van der Waals surface area contributed by atoms with E-state index in [0.29, 0.717) is 29.9 Å². The fourth-order valence-electron chi connectivity index (χ4n) is 3.58. The first-order chi connectivity index (χ1) is 15.2. The molecule has 0 radical (unpaired) electrons. The van der Waals surface area contributed by atoms with E-state index in [2.05, 4.69) is 22.1 Å². The SMILES string of the molecule is C=CCn1c(SCC(=O)N[C@H]2CCOc3ccccc32)nnc1-c1ccccc1OC. The number of rotatable bonds is 8. The number of aromatic nitrogens is 3. The monoisotopic (exact) mass is 436 g/mol. The smallest absolute Gasteiger partial charge is 0.230 e. The van der Waals surface area contributed by atoms with Crippen molar-refractivity contribution < 1.29 is 14.3 Å². The van der Waals surface area contributed by atoms with E-state index < -0.39 is 0 Å². The minimum Gasteiger partial charge on any atom is -0.496 e. The number of benzene rings is 2. The van der Waals surface area contributed by atoms with Crippen LogP contribution in [0.1, 0.15) is 18.0 Å². The molecule has 8 heteroatoms. The van der Waals surface area contributed by atoms with Crippen LogP contribution in [0.25, 0.3) is 11.4 Å². The molecule has 1 amide bonds. The molecule has 7 nitrogen and oxygen atoms in total. The van der Waals surface area contributed by atoms with Crippen molar-refractivity contribution in [2.45, 2.75) is 24.2 Å². The number of thioether (sulfide) groups is 1. The maximum atomic E-state index is 12.7. The molecular weight excluding hydrogens is 412 g/mol. The summed E-state index contributed by atoms with van der Waals surface area (Å²) < 4.78 is 13.1. The lowest BCUT2D eigenvalue weighted by atomic mass is 10.0. The Morgan fingerprint density at radius 1 is 1.29 bits per heavy atom. The quantitative estimate of drug-likeness (QED) is 0.427. The van der Waals surface area contributed by atoms with Gasteiger partial charge < -0.3 is 14.8 Å². The zero-order valence-corrected chi connectivity index (χ0v) is 18.1. The first kappa shape index (κ1) is 21.0. The molecule has 0 fully saturated rings. The molecule has 1 aromatic heterocycles. The second-order valence-corrected chi connectivity index (χ2v) is 7.93. The summed E-state index contributed by atoms with van der Waals surface area (Å²) in [5, 5.41) is 12.4. The van der Waals surface area contributed by atoms with Crippen LogP contribution in [0.3, 0.4) is 0 Å². The predicted octanol–water partition coefficient (Wildman–Crippen LogP) is 3.87. The van der Waals surface area contributed by atoms with E-state index in [-0.39, 0.29) is 17.7 Å². The fourth-order valence-corrected chi connectivity index (χ4v) is 4.33. The highest BCUT2D eigenvalue weighted by molar-refractivity contribution is 7.99. The molecule has 0 saturated heterocycles. The van der Waals surface area contributed by atoms with Crippen LogP contribution in [-0.4, -0.2) is 40.1 Å². The van der Waals surface area contributed by atoms with Crippen molar-refractivity contribution in [1.82, 2.24) is 20.1 Å². The van der Waals surface area contributed by atoms with E-state index in [1.807, 2.05) is 53.1 Å². The Kier molecular flexibility index (Phi) is 6.57. The van der Waals surface area contributed by atoms with Gasteiger partial charge in [-0.15, -0.1) is 16.8 Å². The minimum absolute atomic E-state index is 0.0479. The standard InChI is InChI=1S/C23H24N4O3S/c1-3-13-27-22(17-9-5-6-10-19(17)29-2)25-26-23(27)31-15-21(28)24-18-12-14-30-20-11-7-4-8-16(18)20/h3-11,18H,1,12-15H2,2H3,(H,24,28)/t18-/m0/s1. The Morgan fingerprint density at radius 2 is 2.10 bits per heavy atom. The maximum Gasteiger partial charge on any atom is 0.230 e. The molecule has 4 rings (SSSR count). The molecule has 0 bridgehead atoms. The number of amides is 1. The van der Waals surface area contributed by atoms with E-state index >= 15 is 0 Å². The predicted molar refractivity (Wildman–Crippen MR) is 120 cm³/mol. The zero-order valence-electron chi connectivity index (χ0n) is 17.3. The van der Waals surface area contributed by atoms with Crippen LogP contribution in [0.15, 0.2) is 66.3 Å². The topological polar surface area (TPSA) is 78.3 Å². The van der Waals surface area contributed by atoms with E-state index in [0.717, 1.165) is 23.3 Å². The first-order valence-corrected chi connectivity index (χ1v) is 11.0. The molecule has 0 aliphatic carbocycles. The summed E-state index contributed by atoms with van der Waals surface area (Å²) in [7, 11) is 1.63. The lowest BCUT2D eigenvalue weighted by Gasteiger charge is -2.26. The fraction of sp³-hybridized carbons (Fsp3) is 0.261. The van der Waals surface area contributed by atoms with Gasteiger partial charge in [0, 0.05) is 18.5 Å². The molecule has 2 heterocycles. The number of carbonyl (C=O) groups is 1. The van der Waals surface area contributed by atoms with Crippen molar-refractivity contribution >= 4 is 17.7 Å². The van der Waals surface area contributed by atoms with Gasteiger partial charge in [0.15, 0.2) is 11.0 Å². The van der Waals surface area contributed by atoms with Crippen molar-refractivity contribution in [3.05, 3.63) is 66.7 Å². The Hall–Kier alpha value is -3.26. The van der Waals surface area contributed by atoms with Gasteiger partial charge in [0.2, 0.25) is 5.91 Å². The van der Waals surface area contributed by atoms with Crippen molar-refractivity contribution in [2.24, 2.45) is 0 Å². The summed E-state index contributed by atoms with van der Waals surface area (Å²) in [5.41, 5.74) is 1.86. The number of methoxy groups -OCH3 is 1. The minimum atomic E-state index is -0.0568. The molecule has 1 aliphatic heterocycles.